The molecule has 0 saturated carbocycles. The van der Waals surface area contributed by atoms with Crippen LogP contribution in [0.3, 0.4) is 0 Å². The third-order valence-corrected chi connectivity index (χ3v) is 6.70. The highest BCUT2D eigenvalue weighted by molar-refractivity contribution is 5.87. The summed E-state index contributed by atoms with van der Waals surface area (Å²) in [5.74, 6) is -1.99. The molecule has 6 N–H and O–H groups in total. The Labute approximate surface area is 245 Å². The molecule has 2 amide bonds. The predicted molar refractivity (Wildman–Crippen MR) is 155 cm³/mol. The zero-order chi connectivity index (χ0) is 30.9. The van der Waals surface area contributed by atoms with Gasteiger partial charge in [0, 0.05) is 44.7 Å². The van der Waals surface area contributed by atoms with E-state index in [-0.39, 0.29) is 85.4 Å². The largest absolute Gasteiger partial charge is 0.504 e. The number of ketones is 2. The van der Waals surface area contributed by atoms with E-state index in [1.807, 2.05) is 0 Å². The van der Waals surface area contributed by atoms with Crippen molar-refractivity contribution in [1.29, 1.82) is 0 Å². The van der Waals surface area contributed by atoms with Crippen molar-refractivity contribution < 1.29 is 44.3 Å². The molecule has 2 rings (SSSR count). The summed E-state index contributed by atoms with van der Waals surface area (Å²) in [6.45, 7) is 2.68. The molecule has 230 valence electrons. The zero-order valence-corrected chi connectivity index (χ0v) is 24.1. The lowest BCUT2D eigenvalue weighted by Gasteiger charge is -2.17. The Morgan fingerprint density at radius 3 is 1.95 bits per heavy atom. The summed E-state index contributed by atoms with van der Waals surface area (Å²) in [4.78, 5) is 48.8. The molecule has 0 radical (unpaired) electrons. The van der Waals surface area contributed by atoms with Crippen LogP contribution in [-0.4, -0.2) is 70.1 Å². The van der Waals surface area contributed by atoms with Crippen LogP contribution >= 0.6 is 0 Å². The second-order valence-corrected chi connectivity index (χ2v) is 10.3. The van der Waals surface area contributed by atoms with Crippen molar-refractivity contribution in [1.82, 2.24) is 10.6 Å². The molecular weight excluding hydrogens is 544 g/mol. The van der Waals surface area contributed by atoms with Crippen LogP contribution in [0.1, 0.15) is 63.0 Å². The minimum atomic E-state index is -0.555. The second-order valence-electron chi connectivity index (χ2n) is 10.3. The van der Waals surface area contributed by atoms with Crippen LogP contribution in [0.4, 0.5) is 0 Å². The fourth-order valence-corrected chi connectivity index (χ4v) is 4.23. The third-order valence-electron chi connectivity index (χ3n) is 6.70. The Morgan fingerprint density at radius 2 is 1.36 bits per heavy atom. The number of aromatic hydroxyl groups is 4. The molecule has 2 aromatic rings. The van der Waals surface area contributed by atoms with Gasteiger partial charge in [0.1, 0.15) is 11.6 Å². The molecule has 0 aliphatic rings. The average Bonchev–Trinajstić information content (AvgIpc) is 2.95. The van der Waals surface area contributed by atoms with Crippen LogP contribution in [0.2, 0.25) is 0 Å². The van der Waals surface area contributed by atoms with E-state index in [0.29, 0.717) is 50.6 Å². The summed E-state index contributed by atoms with van der Waals surface area (Å²) in [6, 6.07) is 8.83. The van der Waals surface area contributed by atoms with Crippen molar-refractivity contribution in [2.24, 2.45) is 5.92 Å². The molecule has 11 heteroatoms. The summed E-state index contributed by atoms with van der Waals surface area (Å²) in [5.41, 5.74) is 1.42. The van der Waals surface area contributed by atoms with Crippen molar-refractivity contribution in [3.8, 4) is 23.0 Å². The van der Waals surface area contributed by atoms with Gasteiger partial charge in [-0.1, -0.05) is 18.6 Å². The minimum Gasteiger partial charge on any atom is -0.504 e. The lowest BCUT2D eigenvalue weighted by atomic mass is 9.93. The van der Waals surface area contributed by atoms with Crippen molar-refractivity contribution >= 4 is 23.4 Å². The van der Waals surface area contributed by atoms with Gasteiger partial charge in [-0.05, 0) is 68.0 Å². The van der Waals surface area contributed by atoms with E-state index in [1.54, 1.807) is 12.1 Å². The first kappa shape index (κ1) is 34.1. The first-order chi connectivity index (χ1) is 20.0. The minimum absolute atomic E-state index is 0.0222. The number of aryl methyl sites for hydroxylation is 2. The van der Waals surface area contributed by atoms with Gasteiger partial charge in [0.25, 0.3) is 0 Å². The molecule has 0 bridgehead atoms. The second kappa shape index (κ2) is 18.3. The van der Waals surface area contributed by atoms with Crippen molar-refractivity contribution in [3.05, 3.63) is 47.5 Å². The molecule has 0 fully saturated rings. The van der Waals surface area contributed by atoms with Crippen LogP contribution in [-0.2, 0) is 36.8 Å². The van der Waals surface area contributed by atoms with E-state index in [2.05, 4.69) is 10.6 Å². The van der Waals surface area contributed by atoms with Gasteiger partial charge in [-0.2, -0.15) is 0 Å². The fourth-order valence-electron chi connectivity index (χ4n) is 4.23. The van der Waals surface area contributed by atoms with E-state index in [1.165, 1.54) is 31.2 Å². The maximum absolute atomic E-state index is 12.9. The van der Waals surface area contributed by atoms with E-state index < -0.39 is 5.92 Å². The number of phenols is 4. The van der Waals surface area contributed by atoms with Gasteiger partial charge >= 0.3 is 0 Å². The number of rotatable bonds is 20. The lowest BCUT2D eigenvalue weighted by molar-refractivity contribution is -0.130. The van der Waals surface area contributed by atoms with Crippen LogP contribution < -0.4 is 10.6 Å². The highest BCUT2D eigenvalue weighted by Crippen LogP contribution is 2.26. The quantitative estimate of drug-likeness (QED) is 0.100. The topological polar surface area (TPSA) is 182 Å². The standard InChI is InChI=1S/C31H42N2O9/c1-21(34)13-16-42-17-15-33-31(41)24(20-25(35)9-5-22-6-10-26(36)28(38)18-22)4-2-3-14-32-30(40)12-8-23-7-11-27(37)29(39)19-23/h6-7,10-11,18-19,24,36-39H,2-5,8-9,12-17,20H2,1H3,(H,32,40)(H,33,41). The summed E-state index contributed by atoms with van der Waals surface area (Å²) in [6.07, 6.45) is 3.20. The lowest BCUT2D eigenvalue weighted by Crippen LogP contribution is -2.34. The first-order valence-corrected chi connectivity index (χ1v) is 14.2. The Kier molecular flexibility index (Phi) is 14.9. The van der Waals surface area contributed by atoms with Crippen LogP contribution in [0.25, 0.3) is 0 Å². The maximum atomic E-state index is 12.9. The number of Topliss-reactive ketones (excluding diaryl/α,β-unsaturated/α-hetero) is 2. The van der Waals surface area contributed by atoms with Gasteiger partial charge < -0.3 is 35.8 Å². The molecule has 2 aromatic carbocycles. The number of nitrogens with one attached hydrogen (secondary N) is 2. The summed E-state index contributed by atoms with van der Waals surface area (Å²) in [7, 11) is 0. The third kappa shape index (κ3) is 13.5. The summed E-state index contributed by atoms with van der Waals surface area (Å²) in [5, 5.41) is 43.7. The number of unbranched alkanes of at least 4 members (excludes halogenated alkanes) is 1. The van der Waals surface area contributed by atoms with E-state index >= 15 is 0 Å². The number of carbonyl (C=O) groups is 4. The van der Waals surface area contributed by atoms with Gasteiger partial charge in [0.2, 0.25) is 11.8 Å². The molecule has 0 aliphatic carbocycles. The molecule has 1 unspecified atom stereocenters. The smallest absolute Gasteiger partial charge is 0.223 e. The van der Waals surface area contributed by atoms with Crippen LogP contribution in [0, 0.1) is 5.92 Å². The Hall–Kier alpha value is -4.12. The fraction of sp³-hybridized carbons (Fsp3) is 0.484. The van der Waals surface area contributed by atoms with Gasteiger partial charge in [-0.25, -0.2) is 0 Å². The number of carbonyl (C=O) groups excluding carboxylic acids is 4. The van der Waals surface area contributed by atoms with Gasteiger partial charge in [-0.3, -0.25) is 19.2 Å². The number of hydrogen-bond acceptors (Lipinski definition) is 9. The first-order valence-electron chi connectivity index (χ1n) is 14.2. The maximum Gasteiger partial charge on any atom is 0.223 e. The molecule has 0 aliphatic heterocycles. The van der Waals surface area contributed by atoms with Crippen molar-refractivity contribution in [2.45, 2.75) is 64.7 Å². The number of ether oxygens (including phenoxy) is 1. The van der Waals surface area contributed by atoms with Crippen LogP contribution in [0.5, 0.6) is 23.0 Å². The van der Waals surface area contributed by atoms with Crippen molar-refractivity contribution in [3.63, 3.8) is 0 Å². The molecule has 42 heavy (non-hydrogen) atoms. The number of benzene rings is 2. The summed E-state index contributed by atoms with van der Waals surface area (Å²) >= 11 is 0. The van der Waals surface area contributed by atoms with Crippen molar-refractivity contribution in [2.75, 3.05) is 26.3 Å². The molecule has 11 nitrogen and oxygen atoms in total. The highest BCUT2D eigenvalue weighted by atomic mass is 16.5. The molecule has 0 aromatic heterocycles. The summed E-state index contributed by atoms with van der Waals surface area (Å²) < 4.78 is 5.35. The van der Waals surface area contributed by atoms with Gasteiger partial charge in [0.05, 0.1) is 13.2 Å². The molecule has 1 atom stereocenters. The van der Waals surface area contributed by atoms with Gasteiger partial charge in [0.15, 0.2) is 23.0 Å². The molecular formula is C31H42N2O9. The Balaban J connectivity index is 1.78. The predicted octanol–water partition coefficient (Wildman–Crippen LogP) is 3.05. The molecule has 0 heterocycles. The number of phenolic OH excluding ortho intramolecular Hbond substituents is 4. The highest BCUT2D eigenvalue weighted by Gasteiger charge is 2.21. The monoisotopic (exact) mass is 586 g/mol. The Bertz CT molecular complexity index is 1200. The van der Waals surface area contributed by atoms with Crippen LogP contribution in [0.15, 0.2) is 36.4 Å². The van der Waals surface area contributed by atoms with E-state index in [4.69, 9.17) is 4.74 Å². The number of amides is 2. The Morgan fingerprint density at radius 1 is 0.738 bits per heavy atom. The van der Waals surface area contributed by atoms with Gasteiger partial charge in [-0.15, -0.1) is 0 Å². The molecule has 0 saturated heterocycles. The zero-order valence-electron chi connectivity index (χ0n) is 24.1. The molecule has 0 spiro atoms. The average molecular weight is 587 g/mol. The normalized spacial score (nSPS) is 11.5. The van der Waals surface area contributed by atoms with E-state index in [0.717, 1.165) is 5.56 Å². The number of hydrogen-bond donors (Lipinski definition) is 6. The SMILES string of the molecule is CC(=O)CCOCCNC(=O)C(CCCCNC(=O)CCc1ccc(O)c(O)c1)CC(=O)CCc1ccc(O)c(O)c1. The van der Waals surface area contributed by atoms with E-state index in [9.17, 15) is 39.6 Å².